The monoisotopic (exact) mass is 325 g/mol. The van der Waals surface area contributed by atoms with Crippen LogP contribution >= 0.6 is 15.9 Å². The molecule has 1 aromatic carbocycles. The maximum Gasteiger partial charge on any atom is 0.0371 e. The second-order valence-electron chi connectivity index (χ2n) is 5.38. The van der Waals surface area contributed by atoms with Crippen LogP contribution in [0.1, 0.15) is 25.8 Å². The normalized spacial score (nSPS) is 19.5. The fraction of sp³-hybridized carbons (Fsp3) is 0.600. The minimum Gasteiger partial charge on any atom is -0.398 e. The maximum absolute atomic E-state index is 6.07. The van der Waals surface area contributed by atoms with Gasteiger partial charge in [-0.3, -0.25) is 9.80 Å². The average molecular weight is 326 g/mol. The summed E-state index contributed by atoms with van der Waals surface area (Å²) in [7, 11) is 0. The number of anilines is 1. The van der Waals surface area contributed by atoms with Crippen molar-refractivity contribution in [1.82, 2.24) is 9.80 Å². The van der Waals surface area contributed by atoms with E-state index < -0.39 is 0 Å². The molecule has 1 unspecified atom stereocenters. The molecule has 0 bridgehead atoms. The largest absolute Gasteiger partial charge is 0.398 e. The van der Waals surface area contributed by atoms with Crippen LogP contribution in [-0.2, 0) is 6.54 Å². The van der Waals surface area contributed by atoms with E-state index in [-0.39, 0.29) is 0 Å². The van der Waals surface area contributed by atoms with Gasteiger partial charge in [-0.25, -0.2) is 0 Å². The van der Waals surface area contributed by atoms with Crippen LogP contribution in [0.25, 0.3) is 0 Å². The standard InChI is InChI=1S/C15H24BrN3/c1-3-12(2)19-9-7-18(8-10-19)11-13-14(16)5-4-6-15(13)17/h4-6,12H,3,7-11,17H2,1-2H3. The minimum absolute atomic E-state index is 0.704. The Morgan fingerprint density at radius 2 is 1.95 bits per heavy atom. The van der Waals surface area contributed by atoms with Crippen LogP contribution in [0.2, 0.25) is 0 Å². The molecule has 4 heteroatoms. The molecule has 1 fully saturated rings. The van der Waals surface area contributed by atoms with Crippen LogP contribution in [0, 0.1) is 0 Å². The van der Waals surface area contributed by atoms with Gasteiger partial charge < -0.3 is 5.73 Å². The van der Waals surface area contributed by atoms with E-state index in [1.165, 1.54) is 25.1 Å². The number of nitrogens with two attached hydrogens (primary N) is 1. The lowest BCUT2D eigenvalue weighted by atomic mass is 10.1. The van der Waals surface area contributed by atoms with Crippen molar-refractivity contribution in [3.05, 3.63) is 28.2 Å². The van der Waals surface area contributed by atoms with Crippen LogP contribution in [-0.4, -0.2) is 42.0 Å². The van der Waals surface area contributed by atoms with Crippen LogP contribution in [0.3, 0.4) is 0 Å². The Morgan fingerprint density at radius 1 is 1.26 bits per heavy atom. The molecule has 0 spiro atoms. The summed E-state index contributed by atoms with van der Waals surface area (Å²) in [4.78, 5) is 5.08. The molecule has 1 aliphatic rings. The second kappa shape index (κ2) is 6.73. The Bertz CT molecular complexity index is 394. The SMILES string of the molecule is CCC(C)N1CCN(Cc2c(N)cccc2Br)CC1. The summed E-state index contributed by atoms with van der Waals surface area (Å²) in [6, 6.07) is 6.75. The lowest BCUT2D eigenvalue weighted by Crippen LogP contribution is -2.49. The van der Waals surface area contributed by atoms with Gasteiger partial charge in [0.05, 0.1) is 0 Å². The number of rotatable bonds is 4. The van der Waals surface area contributed by atoms with Crippen molar-refractivity contribution in [3.8, 4) is 0 Å². The van der Waals surface area contributed by atoms with Crippen LogP contribution in [0.5, 0.6) is 0 Å². The topological polar surface area (TPSA) is 32.5 Å². The van der Waals surface area contributed by atoms with E-state index in [2.05, 4.69) is 45.6 Å². The van der Waals surface area contributed by atoms with Crippen molar-refractivity contribution < 1.29 is 0 Å². The third kappa shape index (κ3) is 3.71. The summed E-state index contributed by atoms with van der Waals surface area (Å²) < 4.78 is 1.12. The van der Waals surface area contributed by atoms with Gasteiger partial charge in [0.25, 0.3) is 0 Å². The number of halogens is 1. The number of benzene rings is 1. The first-order chi connectivity index (χ1) is 9.11. The zero-order chi connectivity index (χ0) is 13.8. The van der Waals surface area contributed by atoms with Gasteiger partial charge >= 0.3 is 0 Å². The quantitative estimate of drug-likeness (QED) is 0.864. The Labute approximate surface area is 124 Å². The molecule has 2 N–H and O–H groups in total. The van der Waals surface area contributed by atoms with Crippen LogP contribution in [0.15, 0.2) is 22.7 Å². The highest BCUT2D eigenvalue weighted by molar-refractivity contribution is 9.10. The maximum atomic E-state index is 6.07. The van der Waals surface area contributed by atoms with Gasteiger partial charge in [-0.05, 0) is 25.5 Å². The van der Waals surface area contributed by atoms with E-state index in [1.54, 1.807) is 0 Å². The van der Waals surface area contributed by atoms with Crippen molar-refractivity contribution in [3.63, 3.8) is 0 Å². The predicted molar refractivity (Wildman–Crippen MR) is 85.2 cm³/mol. The molecule has 0 radical (unpaired) electrons. The number of nitrogens with zero attached hydrogens (tertiary/aromatic N) is 2. The van der Waals surface area contributed by atoms with E-state index >= 15 is 0 Å². The Kier molecular flexibility index (Phi) is 5.25. The molecule has 1 heterocycles. The molecule has 0 aromatic heterocycles. The van der Waals surface area contributed by atoms with Gasteiger partial charge in [0.1, 0.15) is 0 Å². The molecule has 0 aliphatic carbocycles. The van der Waals surface area contributed by atoms with Gasteiger partial charge in [0.2, 0.25) is 0 Å². The fourth-order valence-corrected chi connectivity index (χ4v) is 3.09. The molecule has 0 saturated carbocycles. The summed E-state index contributed by atoms with van der Waals surface area (Å²) in [5.41, 5.74) is 8.18. The summed E-state index contributed by atoms with van der Waals surface area (Å²) in [5, 5.41) is 0. The van der Waals surface area contributed by atoms with Crippen molar-refractivity contribution in [2.24, 2.45) is 0 Å². The molecular weight excluding hydrogens is 302 g/mol. The third-order valence-electron chi connectivity index (χ3n) is 4.16. The number of hydrogen-bond donors (Lipinski definition) is 1. The van der Waals surface area contributed by atoms with Gasteiger partial charge in [0, 0.05) is 54.5 Å². The van der Waals surface area contributed by atoms with E-state index in [9.17, 15) is 0 Å². The van der Waals surface area contributed by atoms with Crippen molar-refractivity contribution in [2.45, 2.75) is 32.9 Å². The van der Waals surface area contributed by atoms with E-state index in [1.807, 2.05) is 12.1 Å². The van der Waals surface area contributed by atoms with E-state index in [0.717, 1.165) is 29.8 Å². The van der Waals surface area contributed by atoms with Gasteiger partial charge in [-0.1, -0.05) is 28.9 Å². The molecule has 1 saturated heterocycles. The van der Waals surface area contributed by atoms with Gasteiger partial charge in [-0.15, -0.1) is 0 Å². The lowest BCUT2D eigenvalue weighted by molar-refractivity contribution is 0.0964. The molecule has 106 valence electrons. The van der Waals surface area contributed by atoms with Crippen LogP contribution in [0.4, 0.5) is 5.69 Å². The summed E-state index contributed by atoms with van der Waals surface area (Å²) >= 11 is 3.60. The van der Waals surface area contributed by atoms with E-state index in [4.69, 9.17) is 5.73 Å². The zero-order valence-corrected chi connectivity index (χ0v) is 13.5. The zero-order valence-electron chi connectivity index (χ0n) is 11.9. The Hall–Kier alpha value is -0.580. The number of piperazine rings is 1. The van der Waals surface area contributed by atoms with E-state index in [0.29, 0.717) is 6.04 Å². The Balaban J connectivity index is 1.92. The molecule has 1 aliphatic heterocycles. The molecule has 2 rings (SSSR count). The highest BCUT2D eigenvalue weighted by Crippen LogP contribution is 2.24. The van der Waals surface area contributed by atoms with Crippen molar-refractivity contribution >= 4 is 21.6 Å². The fourth-order valence-electron chi connectivity index (χ4n) is 2.59. The van der Waals surface area contributed by atoms with Gasteiger partial charge in [0.15, 0.2) is 0 Å². The molecule has 3 nitrogen and oxygen atoms in total. The number of nitrogen functional groups attached to an aromatic ring is 1. The molecule has 1 aromatic rings. The predicted octanol–water partition coefficient (Wildman–Crippen LogP) is 2.95. The van der Waals surface area contributed by atoms with Crippen LogP contribution < -0.4 is 5.73 Å². The molecule has 19 heavy (non-hydrogen) atoms. The number of hydrogen-bond acceptors (Lipinski definition) is 3. The first-order valence-corrected chi connectivity index (χ1v) is 7.90. The second-order valence-corrected chi connectivity index (χ2v) is 6.23. The summed E-state index contributed by atoms with van der Waals surface area (Å²) in [6.07, 6.45) is 1.23. The van der Waals surface area contributed by atoms with Crippen molar-refractivity contribution in [2.75, 3.05) is 31.9 Å². The highest BCUT2D eigenvalue weighted by Gasteiger charge is 2.20. The lowest BCUT2D eigenvalue weighted by Gasteiger charge is -2.38. The summed E-state index contributed by atoms with van der Waals surface area (Å²) in [6.45, 7) is 10.1. The molecular formula is C15H24BrN3. The minimum atomic E-state index is 0.704. The smallest absolute Gasteiger partial charge is 0.0371 e. The third-order valence-corrected chi connectivity index (χ3v) is 4.90. The highest BCUT2D eigenvalue weighted by atomic mass is 79.9. The first-order valence-electron chi connectivity index (χ1n) is 7.11. The molecule has 0 amide bonds. The average Bonchev–Trinajstić information content (AvgIpc) is 2.43. The Morgan fingerprint density at radius 3 is 2.53 bits per heavy atom. The first kappa shape index (κ1) is 14.8. The summed E-state index contributed by atoms with van der Waals surface area (Å²) in [5.74, 6) is 0. The molecule has 1 atom stereocenters. The van der Waals surface area contributed by atoms with Crippen molar-refractivity contribution in [1.29, 1.82) is 0 Å². The van der Waals surface area contributed by atoms with Gasteiger partial charge in [-0.2, -0.15) is 0 Å².